The Balaban J connectivity index is 1.97. The number of nitrogens with zero attached hydrogens (tertiary/aromatic N) is 1. The predicted octanol–water partition coefficient (Wildman–Crippen LogP) is 3.82. The first-order valence-electron chi connectivity index (χ1n) is 9.75. The lowest BCUT2D eigenvalue weighted by Gasteiger charge is -2.28. The van der Waals surface area contributed by atoms with Gasteiger partial charge in [-0.2, -0.15) is 0 Å². The van der Waals surface area contributed by atoms with Crippen molar-refractivity contribution in [1.29, 1.82) is 0 Å². The fourth-order valence-electron chi connectivity index (χ4n) is 3.03. The molecule has 4 nitrogen and oxygen atoms in total. The van der Waals surface area contributed by atoms with Gasteiger partial charge in [0, 0.05) is 18.8 Å². The van der Waals surface area contributed by atoms with Gasteiger partial charge in [-0.1, -0.05) is 60.2 Å². The quantitative estimate of drug-likeness (QED) is 0.662. The van der Waals surface area contributed by atoms with Crippen LogP contribution in [0.5, 0.6) is 0 Å². The maximum Gasteiger partial charge on any atom is 0.242 e. The van der Waals surface area contributed by atoms with Crippen molar-refractivity contribution in [3.8, 4) is 0 Å². The topological polar surface area (TPSA) is 49.4 Å². The third-order valence-electron chi connectivity index (χ3n) is 4.58. The van der Waals surface area contributed by atoms with Gasteiger partial charge in [-0.15, -0.1) is 11.8 Å². The van der Waals surface area contributed by atoms with Gasteiger partial charge in [0.25, 0.3) is 0 Å². The van der Waals surface area contributed by atoms with Crippen molar-refractivity contribution in [1.82, 2.24) is 10.2 Å². The van der Waals surface area contributed by atoms with E-state index in [2.05, 4.69) is 30.4 Å². The molecule has 0 unspecified atom stereocenters. The Morgan fingerprint density at radius 1 is 1.07 bits per heavy atom. The van der Waals surface area contributed by atoms with Gasteiger partial charge in [0.05, 0.1) is 5.75 Å². The van der Waals surface area contributed by atoms with Gasteiger partial charge in [-0.25, -0.2) is 0 Å². The molecule has 1 atom stereocenters. The fraction of sp³-hybridized carbons (Fsp3) is 0.391. The molecule has 150 valence electrons. The first kappa shape index (κ1) is 22.0. The third kappa shape index (κ3) is 7.04. The number of benzene rings is 2. The lowest BCUT2D eigenvalue weighted by molar-refractivity contribution is -0.137. The summed E-state index contributed by atoms with van der Waals surface area (Å²) in [5, 5.41) is 2.83. The van der Waals surface area contributed by atoms with Crippen LogP contribution in [0.3, 0.4) is 0 Å². The molecule has 1 N–H and O–H groups in total. The number of likely N-dealkylation sites (N-methyl/N-ethyl adjacent to an activating group) is 1. The molecule has 0 spiro atoms. The van der Waals surface area contributed by atoms with E-state index in [1.807, 2.05) is 43.3 Å². The average molecular weight is 399 g/mol. The van der Waals surface area contributed by atoms with Gasteiger partial charge in [0.2, 0.25) is 11.8 Å². The van der Waals surface area contributed by atoms with Crippen LogP contribution < -0.4 is 5.32 Å². The molecule has 2 aromatic carbocycles. The highest BCUT2D eigenvalue weighted by Crippen LogP contribution is 2.15. The van der Waals surface area contributed by atoms with Crippen LogP contribution in [-0.2, 0) is 21.8 Å². The lowest BCUT2D eigenvalue weighted by Crippen LogP contribution is -2.49. The number of aryl methyl sites for hydroxylation is 1. The first-order valence-corrected chi connectivity index (χ1v) is 10.9. The summed E-state index contributed by atoms with van der Waals surface area (Å²) in [7, 11) is 0. The van der Waals surface area contributed by atoms with Crippen molar-refractivity contribution in [2.75, 3.05) is 18.8 Å². The Labute approximate surface area is 172 Å². The highest BCUT2D eigenvalue weighted by molar-refractivity contribution is 7.99. The van der Waals surface area contributed by atoms with Gasteiger partial charge in [0.15, 0.2) is 0 Å². The number of thioether (sulfide) groups is 1. The molecule has 0 saturated heterocycles. The predicted molar refractivity (Wildman–Crippen MR) is 117 cm³/mol. The van der Waals surface area contributed by atoms with Gasteiger partial charge >= 0.3 is 0 Å². The van der Waals surface area contributed by atoms with E-state index in [4.69, 9.17) is 0 Å². The largest absolute Gasteiger partial charge is 0.355 e. The van der Waals surface area contributed by atoms with Crippen molar-refractivity contribution >= 4 is 23.6 Å². The number of amides is 2. The van der Waals surface area contributed by atoms with Crippen molar-refractivity contribution in [3.63, 3.8) is 0 Å². The van der Waals surface area contributed by atoms with Crippen LogP contribution in [0.15, 0.2) is 54.6 Å². The maximum absolute atomic E-state index is 12.9. The number of nitrogens with one attached hydrogen (secondary N) is 1. The van der Waals surface area contributed by atoms with E-state index in [-0.39, 0.29) is 11.8 Å². The molecule has 0 aliphatic heterocycles. The minimum Gasteiger partial charge on any atom is -0.355 e. The second-order valence-corrected chi connectivity index (χ2v) is 7.86. The van der Waals surface area contributed by atoms with E-state index in [0.29, 0.717) is 18.8 Å². The molecule has 0 heterocycles. The molecule has 0 radical (unpaired) electrons. The number of carbonyl (C=O) groups is 2. The summed E-state index contributed by atoms with van der Waals surface area (Å²) in [6, 6.07) is 17.9. The summed E-state index contributed by atoms with van der Waals surface area (Å²) >= 11 is 1.59. The highest BCUT2D eigenvalue weighted by atomic mass is 32.2. The molecule has 2 rings (SSSR count). The molecule has 0 fully saturated rings. The van der Waals surface area contributed by atoms with E-state index in [0.717, 1.165) is 17.7 Å². The van der Waals surface area contributed by atoms with Gasteiger partial charge < -0.3 is 10.2 Å². The zero-order chi connectivity index (χ0) is 20.4. The fourth-order valence-corrected chi connectivity index (χ4v) is 3.89. The Morgan fingerprint density at radius 2 is 1.79 bits per heavy atom. The van der Waals surface area contributed by atoms with E-state index < -0.39 is 6.04 Å². The van der Waals surface area contributed by atoms with Crippen LogP contribution in [0.2, 0.25) is 0 Å². The van der Waals surface area contributed by atoms with Gasteiger partial charge in [0.1, 0.15) is 6.04 Å². The van der Waals surface area contributed by atoms with E-state index in [9.17, 15) is 9.59 Å². The van der Waals surface area contributed by atoms with Crippen molar-refractivity contribution in [3.05, 3.63) is 71.3 Å². The number of carbonyl (C=O) groups excluding carboxylic acids is 2. The van der Waals surface area contributed by atoms with Gasteiger partial charge in [-0.3, -0.25) is 9.59 Å². The van der Waals surface area contributed by atoms with Crippen LogP contribution in [0.25, 0.3) is 0 Å². The molecule has 0 saturated carbocycles. The second-order valence-electron chi connectivity index (χ2n) is 6.88. The third-order valence-corrected chi connectivity index (χ3v) is 5.57. The zero-order valence-electron chi connectivity index (χ0n) is 17.0. The summed E-state index contributed by atoms with van der Waals surface area (Å²) < 4.78 is 0. The van der Waals surface area contributed by atoms with Crippen molar-refractivity contribution in [2.45, 2.75) is 39.0 Å². The van der Waals surface area contributed by atoms with E-state index in [1.165, 1.54) is 11.1 Å². The maximum atomic E-state index is 12.9. The Morgan fingerprint density at radius 3 is 2.46 bits per heavy atom. The van der Waals surface area contributed by atoms with Crippen molar-refractivity contribution in [2.24, 2.45) is 0 Å². The molecular weight excluding hydrogens is 368 g/mol. The number of hydrogen-bond acceptors (Lipinski definition) is 3. The molecule has 2 amide bonds. The second kappa shape index (κ2) is 11.5. The lowest BCUT2D eigenvalue weighted by atomic mass is 10.1. The SMILES string of the molecule is CCNC(=O)[C@H](C)N(CCc1ccccc1)C(=O)CSCc1cccc(C)c1. The van der Waals surface area contributed by atoms with Crippen LogP contribution in [0.1, 0.15) is 30.5 Å². The minimum atomic E-state index is -0.476. The molecule has 28 heavy (non-hydrogen) atoms. The van der Waals surface area contributed by atoms with E-state index >= 15 is 0 Å². The van der Waals surface area contributed by atoms with Crippen LogP contribution >= 0.6 is 11.8 Å². The Hall–Kier alpha value is -2.27. The van der Waals surface area contributed by atoms with Gasteiger partial charge in [-0.05, 0) is 38.3 Å². The highest BCUT2D eigenvalue weighted by Gasteiger charge is 2.25. The summed E-state index contributed by atoms with van der Waals surface area (Å²) in [4.78, 5) is 26.9. The summed E-state index contributed by atoms with van der Waals surface area (Å²) in [6.45, 7) is 6.86. The number of rotatable bonds is 10. The minimum absolute atomic E-state index is 0.00679. The normalized spacial score (nSPS) is 11.7. The molecule has 0 aliphatic carbocycles. The molecular formula is C23H30N2O2S. The molecule has 0 aromatic heterocycles. The smallest absolute Gasteiger partial charge is 0.242 e. The standard InChI is InChI=1S/C23H30N2O2S/c1-4-24-23(27)19(3)25(14-13-20-10-6-5-7-11-20)22(26)17-28-16-21-12-8-9-18(2)15-21/h5-12,15,19H,4,13-14,16-17H2,1-3H3,(H,24,27)/t19-/m0/s1. The molecule has 5 heteroatoms. The van der Waals surface area contributed by atoms with E-state index in [1.54, 1.807) is 23.6 Å². The van der Waals surface area contributed by atoms with Crippen LogP contribution in [-0.4, -0.2) is 41.6 Å². The summed E-state index contributed by atoms with van der Waals surface area (Å²) in [6.07, 6.45) is 0.735. The average Bonchev–Trinajstić information content (AvgIpc) is 2.69. The first-order chi connectivity index (χ1) is 13.5. The van der Waals surface area contributed by atoms with Crippen LogP contribution in [0, 0.1) is 6.92 Å². The Bertz CT molecular complexity index is 764. The monoisotopic (exact) mass is 398 g/mol. The molecule has 2 aromatic rings. The Kier molecular flexibility index (Phi) is 9.08. The van der Waals surface area contributed by atoms with Crippen molar-refractivity contribution < 1.29 is 9.59 Å². The summed E-state index contributed by atoms with van der Waals surface area (Å²) in [5.74, 6) is 1.06. The zero-order valence-corrected chi connectivity index (χ0v) is 17.8. The summed E-state index contributed by atoms with van der Waals surface area (Å²) in [5.41, 5.74) is 3.60. The number of hydrogen-bond donors (Lipinski definition) is 1. The van der Waals surface area contributed by atoms with Crippen LogP contribution in [0.4, 0.5) is 0 Å². The molecule has 0 aliphatic rings. The molecule has 0 bridgehead atoms.